The van der Waals surface area contributed by atoms with Crippen molar-refractivity contribution in [1.29, 1.82) is 0 Å². The van der Waals surface area contributed by atoms with Gasteiger partial charge in [0, 0.05) is 12.5 Å². The fourth-order valence-corrected chi connectivity index (χ4v) is 3.29. The van der Waals surface area contributed by atoms with Crippen LogP contribution in [0.1, 0.15) is 37.4 Å². The Morgan fingerprint density at radius 3 is 3.00 bits per heavy atom. The highest BCUT2D eigenvalue weighted by molar-refractivity contribution is 7.98. The molecule has 0 saturated heterocycles. The minimum Gasteiger partial charge on any atom is -0.493 e. The molecule has 2 rings (SSSR count). The van der Waals surface area contributed by atoms with E-state index in [-0.39, 0.29) is 0 Å². The molecule has 2 atom stereocenters. The van der Waals surface area contributed by atoms with E-state index >= 15 is 0 Å². The van der Waals surface area contributed by atoms with Crippen LogP contribution in [0.15, 0.2) is 18.2 Å². The summed E-state index contributed by atoms with van der Waals surface area (Å²) in [5.41, 5.74) is 2.78. The maximum Gasteiger partial charge on any atom is 0.122 e. The van der Waals surface area contributed by atoms with Crippen molar-refractivity contribution in [1.82, 2.24) is 5.32 Å². The van der Waals surface area contributed by atoms with E-state index < -0.39 is 0 Å². The van der Waals surface area contributed by atoms with Crippen molar-refractivity contribution in [3.8, 4) is 5.75 Å². The van der Waals surface area contributed by atoms with Crippen molar-refractivity contribution in [3.63, 3.8) is 0 Å². The topological polar surface area (TPSA) is 21.3 Å². The summed E-state index contributed by atoms with van der Waals surface area (Å²) in [6.45, 7) is 6.49. The molecule has 0 aliphatic carbocycles. The van der Waals surface area contributed by atoms with Gasteiger partial charge in [-0.3, -0.25) is 0 Å². The standard InChI is InChI=1S/C16H25NOS/c1-4-15(17-10-12(2)11-19-3)13-5-6-16-14(9-13)7-8-18-16/h5-6,9,12,15,17H,4,7-8,10-11H2,1-3H3. The third-order valence-corrected chi connectivity index (χ3v) is 4.59. The quantitative estimate of drug-likeness (QED) is 0.823. The van der Waals surface area contributed by atoms with Gasteiger partial charge in [-0.1, -0.05) is 26.0 Å². The zero-order valence-corrected chi connectivity index (χ0v) is 13.1. The van der Waals surface area contributed by atoms with Crippen LogP contribution in [0.3, 0.4) is 0 Å². The minimum absolute atomic E-state index is 0.468. The van der Waals surface area contributed by atoms with E-state index in [2.05, 4.69) is 43.6 Å². The fraction of sp³-hybridized carbons (Fsp3) is 0.625. The molecule has 2 nitrogen and oxygen atoms in total. The second-order valence-electron chi connectivity index (χ2n) is 5.40. The lowest BCUT2D eigenvalue weighted by molar-refractivity contribution is 0.356. The van der Waals surface area contributed by atoms with Crippen LogP contribution in [0.5, 0.6) is 5.75 Å². The van der Waals surface area contributed by atoms with Gasteiger partial charge in [-0.15, -0.1) is 0 Å². The zero-order chi connectivity index (χ0) is 13.7. The summed E-state index contributed by atoms with van der Waals surface area (Å²) < 4.78 is 5.57. The summed E-state index contributed by atoms with van der Waals surface area (Å²) in [5.74, 6) is 3.03. The summed E-state index contributed by atoms with van der Waals surface area (Å²) in [6, 6.07) is 7.14. The third kappa shape index (κ3) is 3.90. The Kier molecular flexibility index (Phi) is 5.59. The van der Waals surface area contributed by atoms with Gasteiger partial charge in [-0.2, -0.15) is 11.8 Å². The van der Waals surface area contributed by atoms with Crippen LogP contribution in [-0.4, -0.2) is 25.2 Å². The van der Waals surface area contributed by atoms with Gasteiger partial charge in [-0.25, -0.2) is 0 Å². The van der Waals surface area contributed by atoms with Crippen molar-refractivity contribution in [2.75, 3.05) is 25.2 Å². The zero-order valence-electron chi connectivity index (χ0n) is 12.2. The predicted octanol–water partition coefficient (Wildman–Crippen LogP) is 3.66. The van der Waals surface area contributed by atoms with Crippen molar-refractivity contribution >= 4 is 11.8 Å². The van der Waals surface area contributed by atoms with E-state index in [1.807, 2.05) is 11.8 Å². The molecule has 0 aromatic heterocycles. The number of nitrogens with one attached hydrogen (secondary N) is 1. The first-order valence-electron chi connectivity index (χ1n) is 7.22. The third-order valence-electron chi connectivity index (χ3n) is 3.69. The average Bonchev–Trinajstić information content (AvgIpc) is 2.87. The number of ether oxygens (including phenoxy) is 1. The van der Waals surface area contributed by atoms with Gasteiger partial charge in [0.15, 0.2) is 0 Å². The van der Waals surface area contributed by atoms with E-state index in [1.54, 1.807) is 0 Å². The van der Waals surface area contributed by atoms with Crippen LogP contribution in [0.25, 0.3) is 0 Å². The van der Waals surface area contributed by atoms with Crippen LogP contribution in [0.4, 0.5) is 0 Å². The molecule has 2 unspecified atom stereocenters. The Labute approximate surface area is 121 Å². The number of benzene rings is 1. The van der Waals surface area contributed by atoms with Gasteiger partial charge in [0.1, 0.15) is 5.75 Å². The summed E-state index contributed by atoms with van der Waals surface area (Å²) in [7, 11) is 0. The molecular formula is C16H25NOS. The lowest BCUT2D eigenvalue weighted by Gasteiger charge is -2.20. The van der Waals surface area contributed by atoms with E-state index in [1.165, 1.54) is 16.9 Å². The SMILES string of the molecule is CCC(NCC(C)CSC)c1ccc2c(c1)CCO2. The van der Waals surface area contributed by atoms with Crippen LogP contribution >= 0.6 is 11.8 Å². The second kappa shape index (κ2) is 7.20. The Hall–Kier alpha value is -0.670. The Balaban J connectivity index is 1.97. The van der Waals surface area contributed by atoms with Gasteiger partial charge in [0.2, 0.25) is 0 Å². The number of rotatable bonds is 7. The highest BCUT2D eigenvalue weighted by Crippen LogP contribution is 2.29. The highest BCUT2D eigenvalue weighted by Gasteiger charge is 2.16. The average molecular weight is 279 g/mol. The molecule has 1 N–H and O–H groups in total. The van der Waals surface area contributed by atoms with Crippen molar-refractivity contribution in [2.45, 2.75) is 32.7 Å². The lowest BCUT2D eigenvalue weighted by Crippen LogP contribution is -2.27. The van der Waals surface area contributed by atoms with Crippen molar-refractivity contribution in [2.24, 2.45) is 5.92 Å². The molecule has 0 amide bonds. The summed E-state index contributed by atoms with van der Waals surface area (Å²) in [6.07, 6.45) is 4.36. The smallest absolute Gasteiger partial charge is 0.122 e. The molecule has 1 heterocycles. The van der Waals surface area contributed by atoms with Crippen LogP contribution in [0, 0.1) is 5.92 Å². The number of hydrogen-bond donors (Lipinski definition) is 1. The number of thioether (sulfide) groups is 1. The molecular weight excluding hydrogens is 254 g/mol. The van der Waals surface area contributed by atoms with Gasteiger partial charge in [-0.05, 0) is 48.1 Å². The molecule has 0 radical (unpaired) electrons. The molecule has 1 aromatic carbocycles. The normalized spacial score (nSPS) is 16.8. The maximum atomic E-state index is 5.57. The number of hydrogen-bond acceptors (Lipinski definition) is 3. The van der Waals surface area contributed by atoms with E-state index in [9.17, 15) is 0 Å². The largest absolute Gasteiger partial charge is 0.493 e. The van der Waals surface area contributed by atoms with E-state index in [0.717, 1.165) is 37.7 Å². The molecule has 0 bridgehead atoms. The first kappa shape index (κ1) is 14.7. The molecule has 19 heavy (non-hydrogen) atoms. The lowest BCUT2D eigenvalue weighted by atomic mass is 10.00. The minimum atomic E-state index is 0.468. The van der Waals surface area contributed by atoms with Crippen LogP contribution in [-0.2, 0) is 6.42 Å². The molecule has 0 fully saturated rings. The van der Waals surface area contributed by atoms with Gasteiger partial charge < -0.3 is 10.1 Å². The molecule has 0 saturated carbocycles. The van der Waals surface area contributed by atoms with Crippen molar-refractivity contribution < 1.29 is 4.74 Å². The Bertz CT molecular complexity index is 408. The molecule has 0 spiro atoms. The van der Waals surface area contributed by atoms with Gasteiger partial charge >= 0.3 is 0 Å². The first-order chi connectivity index (χ1) is 9.24. The maximum absolute atomic E-state index is 5.57. The molecule has 1 aliphatic heterocycles. The number of fused-ring (bicyclic) bond motifs is 1. The van der Waals surface area contributed by atoms with E-state index in [0.29, 0.717) is 6.04 Å². The summed E-state index contributed by atoms with van der Waals surface area (Å²) in [4.78, 5) is 0. The molecule has 1 aromatic rings. The van der Waals surface area contributed by atoms with Gasteiger partial charge in [0.05, 0.1) is 6.61 Å². The van der Waals surface area contributed by atoms with Gasteiger partial charge in [0.25, 0.3) is 0 Å². The first-order valence-corrected chi connectivity index (χ1v) is 8.62. The van der Waals surface area contributed by atoms with E-state index in [4.69, 9.17) is 4.74 Å². The predicted molar refractivity (Wildman–Crippen MR) is 84.2 cm³/mol. The fourth-order valence-electron chi connectivity index (χ4n) is 2.61. The molecule has 1 aliphatic rings. The highest BCUT2D eigenvalue weighted by atomic mass is 32.2. The second-order valence-corrected chi connectivity index (χ2v) is 6.31. The monoisotopic (exact) mass is 279 g/mol. The van der Waals surface area contributed by atoms with Crippen LogP contribution < -0.4 is 10.1 Å². The molecule has 106 valence electrons. The van der Waals surface area contributed by atoms with Crippen LogP contribution in [0.2, 0.25) is 0 Å². The Morgan fingerprint density at radius 1 is 1.42 bits per heavy atom. The Morgan fingerprint density at radius 2 is 2.26 bits per heavy atom. The molecule has 3 heteroatoms. The summed E-state index contributed by atoms with van der Waals surface area (Å²) >= 11 is 1.92. The summed E-state index contributed by atoms with van der Waals surface area (Å²) in [5, 5.41) is 3.71. The van der Waals surface area contributed by atoms with Crippen molar-refractivity contribution in [3.05, 3.63) is 29.3 Å².